The minimum absolute atomic E-state index is 0.184. The Kier molecular flexibility index (Phi) is 5.02. The number of benzene rings is 2. The van der Waals surface area contributed by atoms with Crippen LogP contribution in [-0.4, -0.2) is 30.1 Å². The van der Waals surface area contributed by atoms with Gasteiger partial charge in [-0.15, -0.1) is 0 Å². The van der Waals surface area contributed by atoms with E-state index in [9.17, 15) is 4.79 Å². The van der Waals surface area contributed by atoms with E-state index in [1.165, 1.54) is 0 Å². The number of carbonyl (C=O) groups excluding carboxylic acids is 1. The minimum atomic E-state index is -0.184. The summed E-state index contributed by atoms with van der Waals surface area (Å²) in [4.78, 5) is 21.5. The quantitative estimate of drug-likeness (QED) is 0.764. The summed E-state index contributed by atoms with van der Waals surface area (Å²) in [6.45, 7) is 4.16. The number of nitrogens with one attached hydrogen (secondary N) is 1. The van der Waals surface area contributed by atoms with Crippen molar-refractivity contribution >= 4 is 16.9 Å². The second-order valence-electron chi connectivity index (χ2n) is 5.93. The van der Waals surface area contributed by atoms with Crippen LogP contribution >= 0.6 is 0 Å². The van der Waals surface area contributed by atoms with Gasteiger partial charge in [0.15, 0.2) is 11.5 Å². The molecule has 0 unspecified atom stereocenters. The lowest BCUT2D eigenvalue weighted by atomic mass is 10.1. The van der Waals surface area contributed by atoms with Crippen molar-refractivity contribution in [3.8, 4) is 11.5 Å². The highest BCUT2D eigenvalue weighted by Gasteiger charge is 2.12. The Bertz CT molecular complexity index is 970. The number of hydrogen-bond acceptors (Lipinski definition) is 5. The second kappa shape index (κ2) is 7.39. The van der Waals surface area contributed by atoms with E-state index in [2.05, 4.69) is 15.3 Å². The molecule has 3 rings (SSSR count). The number of methoxy groups -OCH3 is 2. The molecule has 0 aliphatic carbocycles. The highest BCUT2D eigenvalue weighted by Crippen LogP contribution is 2.30. The summed E-state index contributed by atoms with van der Waals surface area (Å²) in [5.74, 6) is 1.06. The molecule has 0 atom stereocenters. The van der Waals surface area contributed by atoms with Crippen LogP contribution < -0.4 is 14.8 Å². The van der Waals surface area contributed by atoms with Gasteiger partial charge >= 0.3 is 0 Å². The van der Waals surface area contributed by atoms with Crippen LogP contribution in [0.15, 0.2) is 36.4 Å². The molecule has 1 aromatic heterocycles. The number of hydrogen-bond donors (Lipinski definition) is 1. The fourth-order valence-electron chi connectivity index (χ4n) is 2.74. The summed E-state index contributed by atoms with van der Waals surface area (Å²) >= 11 is 0. The lowest BCUT2D eigenvalue weighted by Gasteiger charge is -2.13. The summed E-state index contributed by atoms with van der Waals surface area (Å²) in [7, 11) is 3.16. The maximum absolute atomic E-state index is 12.5. The van der Waals surface area contributed by atoms with Gasteiger partial charge in [-0.2, -0.15) is 0 Å². The van der Waals surface area contributed by atoms with E-state index in [0.717, 1.165) is 22.5 Å². The molecule has 6 heteroatoms. The van der Waals surface area contributed by atoms with Gasteiger partial charge in [-0.3, -0.25) is 4.79 Å². The van der Waals surface area contributed by atoms with E-state index in [1.54, 1.807) is 26.4 Å². The molecule has 0 bridgehead atoms. The van der Waals surface area contributed by atoms with Crippen LogP contribution in [0.3, 0.4) is 0 Å². The molecule has 1 N–H and O–H groups in total. The maximum atomic E-state index is 12.5. The SMILES string of the molecule is COc1cccc(CNC(=O)c2ccc3nc(C)c(C)nc3c2)c1OC. The first-order valence-corrected chi connectivity index (χ1v) is 8.26. The molecule has 134 valence electrons. The summed E-state index contributed by atoms with van der Waals surface area (Å²) in [5, 5.41) is 2.91. The number of carbonyl (C=O) groups is 1. The van der Waals surface area contributed by atoms with Crippen molar-refractivity contribution < 1.29 is 14.3 Å². The molecule has 0 aliphatic rings. The lowest BCUT2D eigenvalue weighted by Crippen LogP contribution is -2.23. The molecular formula is C20H21N3O3. The molecule has 0 saturated carbocycles. The minimum Gasteiger partial charge on any atom is -0.493 e. The van der Waals surface area contributed by atoms with Crippen LogP contribution in [0.1, 0.15) is 27.3 Å². The van der Waals surface area contributed by atoms with Gasteiger partial charge in [0.1, 0.15) is 0 Å². The number of aromatic nitrogens is 2. The highest BCUT2D eigenvalue weighted by atomic mass is 16.5. The smallest absolute Gasteiger partial charge is 0.251 e. The molecule has 1 amide bonds. The predicted octanol–water partition coefficient (Wildman–Crippen LogP) is 3.19. The van der Waals surface area contributed by atoms with Crippen LogP contribution in [0.5, 0.6) is 11.5 Å². The van der Waals surface area contributed by atoms with Crippen LogP contribution in [-0.2, 0) is 6.54 Å². The first-order valence-electron chi connectivity index (χ1n) is 8.26. The zero-order chi connectivity index (χ0) is 18.7. The maximum Gasteiger partial charge on any atom is 0.251 e. The number of fused-ring (bicyclic) bond motifs is 1. The van der Waals surface area contributed by atoms with Crippen molar-refractivity contribution in [3.63, 3.8) is 0 Å². The molecule has 0 spiro atoms. The number of rotatable bonds is 5. The number of amides is 1. The molecule has 0 saturated heterocycles. The van der Waals surface area contributed by atoms with Gasteiger partial charge in [-0.1, -0.05) is 12.1 Å². The highest BCUT2D eigenvalue weighted by molar-refractivity contribution is 5.97. The number of ether oxygens (including phenoxy) is 2. The van der Waals surface area contributed by atoms with Gasteiger partial charge in [0.05, 0.1) is 36.6 Å². The molecular weight excluding hydrogens is 330 g/mol. The van der Waals surface area contributed by atoms with Gasteiger partial charge in [0, 0.05) is 17.7 Å². The molecule has 0 aliphatic heterocycles. The van der Waals surface area contributed by atoms with Crippen molar-refractivity contribution in [1.29, 1.82) is 0 Å². The Balaban J connectivity index is 1.81. The summed E-state index contributed by atoms with van der Waals surface area (Å²) in [6, 6.07) is 10.9. The summed E-state index contributed by atoms with van der Waals surface area (Å²) in [6.07, 6.45) is 0. The molecule has 26 heavy (non-hydrogen) atoms. The molecule has 0 radical (unpaired) electrons. The van der Waals surface area contributed by atoms with Gasteiger partial charge in [0.25, 0.3) is 5.91 Å². The molecule has 0 fully saturated rings. The lowest BCUT2D eigenvalue weighted by molar-refractivity contribution is 0.0950. The Morgan fingerprint density at radius 2 is 1.73 bits per heavy atom. The number of aryl methyl sites for hydroxylation is 2. The first kappa shape index (κ1) is 17.7. The third kappa shape index (κ3) is 3.44. The Morgan fingerprint density at radius 1 is 1.00 bits per heavy atom. The van der Waals surface area contributed by atoms with Crippen molar-refractivity contribution in [2.24, 2.45) is 0 Å². The van der Waals surface area contributed by atoms with Crippen molar-refractivity contribution in [1.82, 2.24) is 15.3 Å². The fraction of sp³-hybridized carbons (Fsp3) is 0.250. The van der Waals surface area contributed by atoms with Gasteiger partial charge in [-0.25, -0.2) is 9.97 Å². The van der Waals surface area contributed by atoms with Crippen LogP contribution in [0.25, 0.3) is 11.0 Å². The number of para-hydroxylation sites is 1. The fourth-order valence-corrected chi connectivity index (χ4v) is 2.74. The third-order valence-corrected chi connectivity index (χ3v) is 4.26. The topological polar surface area (TPSA) is 73.3 Å². The average molecular weight is 351 g/mol. The molecule has 3 aromatic rings. The normalized spacial score (nSPS) is 10.6. The van der Waals surface area contributed by atoms with E-state index < -0.39 is 0 Å². The van der Waals surface area contributed by atoms with Crippen molar-refractivity contribution in [2.45, 2.75) is 20.4 Å². The first-order chi connectivity index (χ1) is 12.5. The van der Waals surface area contributed by atoms with E-state index in [0.29, 0.717) is 29.1 Å². The Morgan fingerprint density at radius 3 is 2.42 bits per heavy atom. The van der Waals surface area contributed by atoms with E-state index in [1.807, 2.05) is 38.1 Å². The standard InChI is InChI=1S/C20H21N3O3/c1-12-13(2)23-17-10-14(8-9-16(17)22-12)20(24)21-11-15-6-5-7-18(25-3)19(15)26-4/h5-10H,11H2,1-4H3,(H,21,24). The van der Waals surface area contributed by atoms with E-state index >= 15 is 0 Å². The van der Waals surface area contributed by atoms with Crippen LogP contribution in [0.2, 0.25) is 0 Å². The molecule has 2 aromatic carbocycles. The molecule has 1 heterocycles. The summed E-state index contributed by atoms with van der Waals surface area (Å²) in [5.41, 5.74) is 4.61. The van der Waals surface area contributed by atoms with Gasteiger partial charge in [-0.05, 0) is 38.1 Å². The van der Waals surface area contributed by atoms with E-state index in [4.69, 9.17) is 9.47 Å². The third-order valence-electron chi connectivity index (χ3n) is 4.26. The largest absolute Gasteiger partial charge is 0.493 e. The Labute approximate surface area is 152 Å². The predicted molar refractivity (Wildman–Crippen MR) is 99.7 cm³/mol. The zero-order valence-corrected chi connectivity index (χ0v) is 15.3. The average Bonchev–Trinajstić information content (AvgIpc) is 2.66. The van der Waals surface area contributed by atoms with Gasteiger partial charge < -0.3 is 14.8 Å². The summed E-state index contributed by atoms with van der Waals surface area (Å²) < 4.78 is 10.7. The van der Waals surface area contributed by atoms with Crippen molar-refractivity contribution in [2.75, 3.05) is 14.2 Å². The van der Waals surface area contributed by atoms with Crippen LogP contribution in [0, 0.1) is 13.8 Å². The Hall–Kier alpha value is -3.15. The van der Waals surface area contributed by atoms with E-state index in [-0.39, 0.29) is 5.91 Å². The monoisotopic (exact) mass is 351 g/mol. The zero-order valence-electron chi connectivity index (χ0n) is 15.3. The molecule has 6 nitrogen and oxygen atoms in total. The second-order valence-corrected chi connectivity index (χ2v) is 5.93. The van der Waals surface area contributed by atoms with Crippen LogP contribution in [0.4, 0.5) is 0 Å². The number of nitrogens with zero attached hydrogens (tertiary/aromatic N) is 2. The van der Waals surface area contributed by atoms with Crippen molar-refractivity contribution in [3.05, 3.63) is 58.9 Å². The van der Waals surface area contributed by atoms with Gasteiger partial charge in [0.2, 0.25) is 0 Å².